The van der Waals surface area contributed by atoms with Crippen molar-refractivity contribution in [2.45, 2.75) is 39.2 Å². The number of hydrogen-bond acceptors (Lipinski definition) is 3. The Morgan fingerprint density at radius 2 is 2.00 bits per heavy atom. The lowest BCUT2D eigenvalue weighted by molar-refractivity contribution is -0.119. The number of fused-ring (bicyclic) bond motifs is 1. The van der Waals surface area contributed by atoms with Gasteiger partial charge in [0.25, 0.3) is 0 Å². The molecule has 1 unspecified atom stereocenters. The second kappa shape index (κ2) is 8.17. The molecule has 0 spiro atoms. The van der Waals surface area contributed by atoms with Gasteiger partial charge in [0.2, 0.25) is 5.91 Å². The van der Waals surface area contributed by atoms with Gasteiger partial charge in [-0.15, -0.1) is 0 Å². The average molecular weight is 354 g/mol. The van der Waals surface area contributed by atoms with Crippen molar-refractivity contribution in [2.75, 3.05) is 18.4 Å². The van der Waals surface area contributed by atoms with E-state index in [0.717, 1.165) is 43.3 Å². The Kier molecular flexibility index (Phi) is 5.71. The van der Waals surface area contributed by atoms with E-state index in [-0.39, 0.29) is 17.9 Å². The number of hydrogen-bond donors (Lipinski definition) is 2. The van der Waals surface area contributed by atoms with Gasteiger partial charge < -0.3 is 15.5 Å². The van der Waals surface area contributed by atoms with Gasteiger partial charge in [-0.2, -0.15) is 0 Å². The van der Waals surface area contributed by atoms with Crippen LogP contribution in [-0.2, 0) is 4.79 Å². The quantitative estimate of drug-likeness (QED) is 0.864. The lowest BCUT2D eigenvalue weighted by Gasteiger charge is -2.26. The first kappa shape index (κ1) is 18.2. The molecule has 6 heteroatoms. The van der Waals surface area contributed by atoms with Gasteiger partial charge in [0.05, 0.1) is 5.52 Å². The number of nitrogens with one attached hydrogen (secondary N) is 2. The Bertz CT molecular complexity index is 786. The highest BCUT2D eigenvalue weighted by atomic mass is 16.2. The second-order valence-corrected chi connectivity index (χ2v) is 6.91. The zero-order chi connectivity index (χ0) is 18.5. The van der Waals surface area contributed by atoms with Crippen LogP contribution in [0, 0.1) is 5.92 Å². The molecule has 3 rings (SSSR count). The molecule has 1 aromatic heterocycles. The maximum Gasteiger partial charge on any atom is 0.318 e. The number of pyridine rings is 1. The molecule has 2 heterocycles. The van der Waals surface area contributed by atoms with E-state index >= 15 is 0 Å². The third kappa shape index (κ3) is 4.12. The molecule has 1 aromatic carbocycles. The molecule has 0 radical (unpaired) electrons. The van der Waals surface area contributed by atoms with Crippen LogP contribution in [0.5, 0.6) is 0 Å². The molecule has 3 amide bonds. The second-order valence-electron chi connectivity index (χ2n) is 6.91. The van der Waals surface area contributed by atoms with Crippen LogP contribution in [0.3, 0.4) is 0 Å². The SMILES string of the molecule is CCC(C)[C@H](NC(=O)N1CCCC1)C(=O)Nc1ccc2ncccc2c1. The van der Waals surface area contributed by atoms with Gasteiger partial charge >= 0.3 is 6.03 Å². The number of aromatic nitrogens is 1. The van der Waals surface area contributed by atoms with E-state index in [1.165, 1.54) is 0 Å². The Balaban J connectivity index is 1.72. The Morgan fingerprint density at radius 1 is 1.23 bits per heavy atom. The first-order chi connectivity index (χ1) is 12.6. The van der Waals surface area contributed by atoms with Crippen molar-refractivity contribution in [1.29, 1.82) is 0 Å². The van der Waals surface area contributed by atoms with Crippen LogP contribution in [0.25, 0.3) is 10.9 Å². The summed E-state index contributed by atoms with van der Waals surface area (Å²) in [5.41, 5.74) is 1.59. The highest BCUT2D eigenvalue weighted by Gasteiger charge is 2.28. The van der Waals surface area contributed by atoms with Gasteiger partial charge in [-0.05, 0) is 43.0 Å². The summed E-state index contributed by atoms with van der Waals surface area (Å²) >= 11 is 0. The van der Waals surface area contributed by atoms with Crippen LogP contribution in [0.2, 0.25) is 0 Å². The van der Waals surface area contributed by atoms with E-state index in [1.807, 2.05) is 44.2 Å². The van der Waals surface area contributed by atoms with Gasteiger partial charge in [0, 0.05) is 30.4 Å². The summed E-state index contributed by atoms with van der Waals surface area (Å²) in [4.78, 5) is 31.3. The molecule has 26 heavy (non-hydrogen) atoms. The number of urea groups is 1. The summed E-state index contributed by atoms with van der Waals surface area (Å²) in [5.74, 6) is -0.140. The van der Waals surface area contributed by atoms with Gasteiger partial charge in [0.15, 0.2) is 0 Å². The minimum atomic E-state index is -0.558. The van der Waals surface area contributed by atoms with Gasteiger partial charge in [-0.25, -0.2) is 4.79 Å². The molecule has 1 aliphatic heterocycles. The van der Waals surface area contributed by atoms with Crippen LogP contribution < -0.4 is 10.6 Å². The molecule has 2 aromatic rings. The fourth-order valence-electron chi connectivity index (χ4n) is 3.22. The lowest BCUT2D eigenvalue weighted by Crippen LogP contribution is -2.51. The number of carbonyl (C=O) groups excluding carboxylic acids is 2. The minimum Gasteiger partial charge on any atom is -0.326 e. The molecule has 138 valence electrons. The van der Waals surface area contributed by atoms with Crippen LogP contribution in [0.4, 0.5) is 10.5 Å². The van der Waals surface area contributed by atoms with Crippen molar-refractivity contribution in [1.82, 2.24) is 15.2 Å². The number of nitrogens with zero attached hydrogens (tertiary/aromatic N) is 2. The summed E-state index contributed by atoms with van der Waals surface area (Å²) in [6.45, 7) is 5.53. The Labute approximate surface area is 154 Å². The Morgan fingerprint density at radius 3 is 2.73 bits per heavy atom. The molecule has 1 saturated heterocycles. The normalized spacial score (nSPS) is 16.3. The van der Waals surface area contributed by atoms with Gasteiger partial charge in [-0.3, -0.25) is 9.78 Å². The Hall–Kier alpha value is -2.63. The number of benzene rings is 1. The van der Waals surface area contributed by atoms with Crippen molar-refractivity contribution in [2.24, 2.45) is 5.92 Å². The first-order valence-corrected chi connectivity index (χ1v) is 9.29. The number of anilines is 1. The number of carbonyl (C=O) groups is 2. The average Bonchev–Trinajstić information content (AvgIpc) is 3.20. The number of likely N-dealkylation sites (tertiary alicyclic amines) is 1. The smallest absolute Gasteiger partial charge is 0.318 e. The minimum absolute atomic E-state index is 0.0451. The van der Waals surface area contributed by atoms with E-state index in [2.05, 4.69) is 15.6 Å². The summed E-state index contributed by atoms with van der Waals surface area (Å²) in [6, 6.07) is 8.74. The van der Waals surface area contributed by atoms with Crippen LogP contribution in [-0.4, -0.2) is 41.0 Å². The lowest BCUT2D eigenvalue weighted by atomic mass is 9.98. The topological polar surface area (TPSA) is 74.3 Å². The predicted octanol–water partition coefficient (Wildman–Crippen LogP) is 3.39. The molecule has 0 aliphatic carbocycles. The predicted molar refractivity (Wildman–Crippen MR) is 103 cm³/mol. The van der Waals surface area contributed by atoms with Crippen molar-refractivity contribution in [3.05, 3.63) is 36.5 Å². The molecule has 0 bridgehead atoms. The third-order valence-electron chi connectivity index (χ3n) is 5.04. The highest BCUT2D eigenvalue weighted by molar-refractivity contribution is 5.98. The molecular weight excluding hydrogens is 328 g/mol. The van der Waals surface area contributed by atoms with Crippen LogP contribution in [0.15, 0.2) is 36.5 Å². The van der Waals surface area contributed by atoms with Gasteiger partial charge in [0.1, 0.15) is 6.04 Å². The maximum absolute atomic E-state index is 12.8. The van der Waals surface area contributed by atoms with Crippen LogP contribution >= 0.6 is 0 Å². The van der Waals surface area contributed by atoms with E-state index < -0.39 is 6.04 Å². The standard InChI is InChI=1S/C20H26N4O2/c1-3-14(2)18(23-20(26)24-11-4-5-12-24)19(25)22-16-8-9-17-15(13-16)7-6-10-21-17/h6-10,13-14,18H,3-5,11-12H2,1-2H3,(H,22,25)(H,23,26)/t14?,18-/m0/s1. The molecule has 2 N–H and O–H groups in total. The van der Waals surface area contributed by atoms with E-state index in [0.29, 0.717) is 5.69 Å². The zero-order valence-corrected chi connectivity index (χ0v) is 15.4. The van der Waals surface area contributed by atoms with Crippen LogP contribution in [0.1, 0.15) is 33.1 Å². The highest BCUT2D eigenvalue weighted by Crippen LogP contribution is 2.19. The zero-order valence-electron chi connectivity index (χ0n) is 15.4. The van der Waals surface area contributed by atoms with E-state index in [9.17, 15) is 9.59 Å². The summed E-state index contributed by atoms with van der Waals surface area (Å²) in [7, 11) is 0. The van der Waals surface area contributed by atoms with E-state index in [4.69, 9.17) is 0 Å². The molecular formula is C20H26N4O2. The fraction of sp³-hybridized carbons (Fsp3) is 0.450. The fourth-order valence-corrected chi connectivity index (χ4v) is 3.22. The van der Waals surface area contributed by atoms with E-state index in [1.54, 1.807) is 11.1 Å². The molecule has 1 aliphatic rings. The van der Waals surface area contributed by atoms with Gasteiger partial charge in [-0.1, -0.05) is 26.3 Å². The molecule has 6 nitrogen and oxygen atoms in total. The van der Waals surface area contributed by atoms with Crippen molar-refractivity contribution < 1.29 is 9.59 Å². The maximum atomic E-state index is 12.8. The van der Waals surface area contributed by atoms with Crippen molar-refractivity contribution in [3.63, 3.8) is 0 Å². The third-order valence-corrected chi connectivity index (χ3v) is 5.04. The molecule has 1 fully saturated rings. The molecule has 0 saturated carbocycles. The first-order valence-electron chi connectivity index (χ1n) is 9.29. The summed E-state index contributed by atoms with van der Waals surface area (Å²) in [6.07, 6.45) is 4.60. The summed E-state index contributed by atoms with van der Waals surface area (Å²) in [5, 5.41) is 6.84. The number of rotatable bonds is 5. The molecule has 2 atom stereocenters. The largest absolute Gasteiger partial charge is 0.326 e. The monoisotopic (exact) mass is 354 g/mol. The number of amides is 3. The summed E-state index contributed by atoms with van der Waals surface area (Å²) < 4.78 is 0. The van der Waals surface area contributed by atoms with Crippen molar-refractivity contribution >= 4 is 28.5 Å². The van der Waals surface area contributed by atoms with Crippen molar-refractivity contribution in [3.8, 4) is 0 Å².